The van der Waals surface area contributed by atoms with E-state index < -0.39 is 0 Å². The first-order chi connectivity index (χ1) is 13.8. The number of phenolic OH excluding ortho intramolecular Hbond substituents is 2. The van der Waals surface area contributed by atoms with Gasteiger partial charge in [-0.1, -0.05) is 29.8 Å². The van der Waals surface area contributed by atoms with Gasteiger partial charge in [0.2, 0.25) is 11.7 Å². The minimum absolute atomic E-state index is 0.0383. The van der Waals surface area contributed by atoms with E-state index in [0.717, 1.165) is 5.56 Å². The second-order valence-corrected chi connectivity index (χ2v) is 6.68. The average molecular weight is 391 g/mol. The topological polar surface area (TPSA) is 104 Å². The van der Waals surface area contributed by atoms with Crippen molar-refractivity contribution in [1.82, 2.24) is 9.99 Å². The molecular weight excluding hydrogens is 370 g/mol. The number of rotatable bonds is 6. The second-order valence-electron chi connectivity index (χ2n) is 6.68. The minimum Gasteiger partial charge on any atom is -0.508 e. The van der Waals surface area contributed by atoms with E-state index in [9.17, 15) is 19.8 Å². The largest absolute Gasteiger partial charge is 0.508 e. The number of aryl methyl sites for hydroxylation is 1. The van der Waals surface area contributed by atoms with E-state index in [0.29, 0.717) is 22.5 Å². The van der Waals surface area contributed by atoms with Crippen molar-refractivity contribution in [3.63, 3.8) is 0 Å². The summed E-state index contributed by atoms with van der Waals surface area (Å²) in [5.74, 6) is -0.692. The zero-order chi connectivity index (χ0) is 21.0. The highest BCUT2D eigenvalue weighted by Crippen LogP contribution is 2.20. The Labute approximate surface area is 167 Å². The Hall–Kier alpha value is -3.87. The van der Waals surface area contributed by atoms with Crippen molar-refractivity contribution in [3.05, 3.63) is 82.7 Å². The van der Waals surface area contributed by atoms with Crippen molar-refractivity contribution in [2.45, 2.75) is 13.3 Å². The number of carbonyl (C=O) groups is 2. The fourth-order valence-corrected chi connectivity index (χ4v) is 2.83. The quantitative estimate of drug-likeness (QED) is 0.341. The van der Waals surface area contributed by atoms with E-state index in [4.69, 9.17) is 0 Å². The summed E-state index contributed by atoms with van der Waals surface area (Å²) in [7, 11) is 1.74. The standard InChI is InChI=1S/C22H21N3O4/c1-14-3-5-15(6-4-14)22(29)19-10-8-17(25(19)2)11-21(28)24-23-13-16-7-9-18(26)12-20(16)27/h3-10,12-13,26-27H,11H2,1-2H3,(H,24,28)/b23-13+. The third-order valence-electron chi connectivity index (χ3n) is 4.52. The fourth-order valence-electron chi connectivity index (χ4n) is 2.83. The Morgan fingerprint density at radius 2 is 1.79 bits per heavy atom. The number of hydrogen-bond donors (Lipinski definition) is 3. The predicted molar refractivity (Wildman–Crippen MR) is 109 cm³/mol. The van der Waals surface area contributed by atoms with Crippen molar-refractivity contribution in [2.24, 2.45) is 12.1 Å². The van der Waals surface area contributed by atoms with E-state index in [-0.39, 0.29) is 29.6 Å². The molecule has 0 radical (unpaired) electrons. The number of phenols is 2. The third-order valence-corrected chi connectivity index (χ3v) is 4.52. The normalized spacial score (nSPS) is 11.0. The van der Waals surface area contributed by atoms with Gasteiger partial charge in [-0.25, -0.2) is 5.43 Å². The lowest BCUT2D eigenvalue weighted by atomic mass is 10.1. The van der Waals surface area contributed by atoms with Gasteiger partial charge in [0.15, 0.2) is 0 Å². The lowest BCUT2D eigenvalue weighted by Gasteiger charge is -2.07. The molecule has 7 heteroatoms. The van der Waals surface area contributed by atoms with Gasteiger partial charge >= 0.3 is 0 Å². The number of nitrogens with one attached hydrogen (secondary N) is 1. The SMILES string of the molecule is Cc1ccc(C(=O)c2ccc(CC(=O)N/N=C/c3ccc(O)cc3O)n2C)cc1. The van der Waals surface area contributed by atoms with Gasteiger partial charge in [-0.15, -0.1) is 0 Å². The molecule has 0 fully saturated rings. The van der Waals surface area contributed by atoms with Crippen molar-refractivity contribution in [1.29, 1.82) is 0 Å². The second kappa shape index (κ2) is 8.43. The monoisotopic (exact) mass is 391 g/mol. The molecule has 0 aliphatic heterocycles. The highest BCUT2D eigenvalue weighted by Gasteiger charge is 2.16. The van der Waals surface area contributed by atoms with Gasteiger partial charge < -0.3 is 14.8 Å². The molecule has 3 aromatic rings. The summed E-state index contributed by atoms with van der Waals surface area (Å²) in [5.41, 5.74) is 5.57. The number of ketones is 1. The Bertz CT molecular complexity index is 1080. The van der Waals surface area contributed by atoms with E-state index in [1.807, 2.05) is 19.1 Å². The van der Waals surface area contributed by atoms with Gasteiger partial charge in [-0.05, 0) is 31.2 Å². The van der Waals surface area contributed by atoms with Crippen molar-refractivity contribution in [2.75, 3.05) is 0 Å². The van der Waals surface area contributed by atoms with E-state index in [2.05, 4.69) is 10.5 Å². The molecule has 148 valence electrons. The van der Waals surface area contributed by atoms with Gasteiger partial charge in [0, 0.05) is 29.9 Å². The molecule has 0 aliphatic carbocycles. The highest BCUT2D eigenvalue weighted by molar-refractivity contribution is 6.08. The average Bonchev–Trinajstić information content (AvgIpc) is 3.04. The number of benzene rings is 2. The van der Waals surface area contributed by atoms with Crippen LogP contribution in [-0.4, -0.2) is 32.7 Å². The smallest absolute Gasteiger partial charge is 0.245 e. The molecule has 0 spiro atoms. The number of aromatic nitrogens is 1. The zero-order valence-electron chi connectivity index (χ0n) is 16.1. The first-order valence-corrected chi connectivity index (χ1v) is 8.95. The molecule has 1 heterocycles. The minimum atomic E-state index is -0.366. The van der Waals surface area contributed by atoms with Gasteiger partial charge in [0.1, 0.15) is 11.5 Å². The maximum absolute atomic E-state index is 12.7. The van der Waals surface area contributed by atoms with Crippen LogP contribution in [0.25, 0.3) is 0 Å². The number of aromatic hydroxyl groups is 2. The molecule has 0 atom stereocenters. The summed E-state index contributed by atoms with van der Waals surface area (Å²) in [6.45, 7) is 1.96. The molecule has 3 N–H and O–H groups in total. The van der Waals surface area contributed by atoms with E-state index in [1.54, 1.807) is 35.9 Å². The Kier molecular flexibility index (Phi) is 5.78. The Morgan fingerprint density at radius 1 is 1.07 bits per heavy atom. The number of amides is 1. The zero-order valence-corrected chi connectivity index (χ0v) is 16.1. The fraction of sp³-hybridized carbons (Fsp3) is 0.136. The summed E-state index contributed by atoms with van der Waals surface area (Å²) in [6, 6.07) is 14.8. The van der Waals surface area contributed by atoms with Gasteiger partial charge in [0.25, 0.3) is 0 Å². The molecule has 0 aliphatic rings. The molecule has 1 amide bonds. The van der Waals surface area contributed by atoms with Crippen LogP contribution in [0.2, 0.25) is 0 Å². The molecule has 0 saturated carbocycles. The first-order valence-electron chi connectivity index (χ1n) is 8.95. The lowest BCUT2D eigenvalue weighted by molar-refractivity contribution is -0.120. The summed E-state index contributed by atoms with van der Waals surface area (Å²) in [6.07, 6.45) is 1.32. The summed E-state index contributed by atoms with van der Waals surface area (Å²) < 4.78 is 1.69. The van der Waals surface area contributed by atoms with Crippen LogP contribution >= 0.6 is 0 Å². The Morgan fingerprint density at radius 3 is 2.48 bits per heavy atom. The molecule has 1 aromatic heterocycles. The van der Waals surface area contributed by atoms with Crippen molar-refractivity contribution < 1.29 is 19.8 Å². The molecule has 0 unspecified atom stereocenters. The number of nitrogens with zero attached hydrogens (tertiary/aromatic N) is 2. The van der Waals surface area contributed by atoms with Gasteiger partial charge in [0.05, 0.1) is 18.3 Å². The molecule has 3 rings (SSSR count). The van der Waals surface area contributed by atoms with Crippen LogP contribution < -0.4 is 5.43 Å². The molecule has 2 aromatic carbocycles. The van der Waals surface area contributed by atoms with Gasteiger partial charge in [-0.3, -0.25) is 9.59 Å². The van der Waals surface area contributed by atoms with Gasteiger partial charge in [-0.2, -0.15) is 5.10 Å². The molecule has 29 heavy (non-hydrogen) atoms. The van der Waals surface area contributed by atoms with Crippen LogP contribution in [0.4, 0.5) is 0 Å². The number of hydrogen-bond acceptors (Lipinski definition) is 5. The molecule has 0 saturated heterocycles. The van der Waals surface area contributed by atoms with E-state index >= 15 is 0 Å². The number of hydrazone groups is 1. The summed E-state index contributed by atoms with van der Waals surface area (Å²) in [5, 5.41) is 22.8. The lowest BCUT2D eigenvalue weighted by Crippen LogP contribution is -2.21. The number of carbonyl (C=O) groups excluding carboxylic acids is 2. The maximum atomic E-state index is 12.7. The molecular formula is C22H21N3O4. The molecule has 7 nitrogen and oxygen atoms in total. The summed E-state index contributed by atoms with van der Waals surface area (Å²) >= 11 is 0. The van der Waals surface area contributed by atoms with Crippen LogP contribution in [0.3, 0.4) is 0 Å². The van der Waals surface area contributed by atoms with Crippen LogP contribution in [-0.2, 0) is 18.3 Å². The summed E-state index contributed by atoms with van der Waals surface area (Å²) in [4.78, 5) is 24.8. The molecule has 0 bridgehead atoms. The van der Waals surface area contributed by atoms with Crippen LogP contribution in [0.1, 0.15) is 32.9 Å². The Balaban J connectivity index is 1.64. The van der Waals surface area contributed by atoms with Crippen LogP contribution in [0.5, 0.6) is 11.5 Å². The predicted octanol–water partition coefficient (Wildman–Crippen LogP) is 2.67. The van der Waals surface area contributed by atoms with E-state index in [1.165, 1.54) is 24.4 Å². The van der Waals surface area contributed by atoms with Crippen molar-refractivity contribution in [3.8, 4) is 11.5 Å². The van der Waals surface area contributed by atoms with Crippen molar-refractivity contribution >= 4 is 17.9 Å². The first kappa shape index (κ1) is 19.9. The maximum Gasteiger partial charge on any atom is 0.245 e. The van der Waals surface area contributed by atoms with Crippen LogP contribution in [0.15, 0.2) is 59.7 Å². The van der Waals surface area contributed by atoms with Crippen LogP contribution in [0, 0.1) is 6.92 Å². The third kappa shape index (κ3) is 4.70. The highest BCUT2D eigenvalue weighted by atomic mass is 16.3.